The summed E-state index contributed by atoms with van der Waals surface area (Å²) in [6.07, 6.45) is -4.68. The number of alkyl halides is 3. The van der Waals surface area contributed by atoms with Gasteiger partial charge in [-0.15, -0.1) is 0 Å². The van der Waals surface area contributed by atoms with Gasteiger partial charge < -0.3 is 10.6 Å². The highest BCUT2D eigenvalue weighted by Gasteiger charge is 2.33. The molecule has 1 heterocycles. The van der Waals surface area contributed by atoms with Crippen molar-refractivity contribution in [2.45, 2.75) is 17.8 Å². The van der Waals surface area contributed by atoms with Crippen molar-refractivity contribution in [1.29, 1.82) is 0 Å². The number of nitrogens with one attached hydrogen (secondary N) is 2. The van der Waals surface area contributed by atoms with E-state index >= 15 is 0 Å². The molecule has 140 valence electrons. The Kier molecular flexibility index (Phi) is 5.50. The zero-order valence-electron chi connectivity index (χ0n) is 13.8. The molecule has 1 atom stereocenters. The van der Waals surface area contributed by atoms with Crippen molar-refractivity contribution in [2.75, 3.05) is 5.32 Å². The minimum atomic E-state index is -4.50. The Balaban J connectivity index is 1.61. The van der Waals surface area contributed by atoms with Crippen molar-refractivity contribution in [1.82, 2.24) is 5.32 Å². The molecule has 0 aromatic heterocycles. The maximum atomic E-state index is 12.7. The third-order valence-corrected chi connectivity index (χ3v) is 4.69. The molecule has 2 aromatic carbocycles. The summed E-state index contributed by atoms with van der Waals surface area (Å²) in [6, 6.07) is 13.3. The number of para-hydroxylation sites is 1. The molecule has 1 fully saturated rings. The lowest BCUT2D eigenvalue weighted by molar-refractivity contribution is -0.137. The first kappa shape index (κ1) is 19.0. The average molecular weight is 393 g/mol. The van der Waals surface area contributed by atoms with E-state index in [2.05, 4.69) is 15.6 Å². The van der Waals surface area contributed by atoms with Crippen LogP contribution >= 0.6 is 11.8 Å². The van der Waals surface area contributed by atoms with Crippen LogP contribution < -0.4 is 10.6 Å². The van der Waals surface area contributed by atoms with Gasteiger partial charge in [-0.2, -0.15) is 13.2 Å². The van der Waals surface area contributed by atoms with Gasteiger partial charge in [0.1, 0.15) is 5.25 Å². The molecule has 3 rings (SSSR count). The molecule has 1 saturated heterocycles. The molecule has 0 unspecified atom stereocenters. The second kappa shape index (κ2) is 7.83. The topological polar surface area (TPSA) is 70.6 Å². The molecule has 9 heteroatoms. The van der Waals surface area contributed by atoms with Crippen molar-refractivity contribution < 1.29 is 22.8 Å². The van der Waals surface area contributed by atoms with Gasteiger partial charge in [-0.1, -0.05) is 36.0 Å². The Bertz CT molecular complexity index is 885. The van der Waals surface area contributed by atoms with E-state index in [4.69, 9.17) is 0 Å². The van der Waals surface area contributed by atoms with Gasteiger partial charge in [0.25, 0.3) is 0 Å². The molecule has 27 heavy (non-hydrogen) atoms. The number of aliphatic imine (C=N–C) groups is 1. The highest BCUT2D eigenvalue weighted by atomic mass is 32.2. The first-order valence-electron chi connectivity index (χ1n) is 7.89. The van der Waals surface area contributed by atoms with Gasteiger partial charge in [-0.05, 0) is 30.3 Å². The summed E-state index contributed by atoms with van der Waals surface area (Å²) in [7, 11) is 0. The molecule has 5 nitrogen and oxygen atoms in total. The van der Waals surface area contributed by atoms with Crippen LogP contribution in [0.1, 0.15) is 12.0 Å². The van der Waals surface area contributed by atoms with Gasteiger partial charge >= 0.3 is 6.18 Å². The van der Waals surface area contributed by atoms with Gasteiger partial charge in [-0.25, -0.2) is 4.99 Å². The summed E-state index contributed by atoms with van der Waals surface area (Å²) < 4.78 is 38.2. The van der Waals surface area contributed by atoms with Crippen LogP contribution in [0.15, 0.2) is 59.6 Å². The van der Waals surface area contributed by atoms with Crippen LogP contribution in [0.4, 0.5) is 24.5 Å². The van der Waals surface area contributed by atoms with Crippen LogP contribution in [0.5, 0.6) is 0 Å². The molecule has 0 spiro atoms. The second-order valence-corrected chi connectivity index (χ2v) is 6.87. The van der Waals surface area contributed by atoms with E-state index in [1.807, 2.05) is 6.07 Å². The monoisotopic (exact) mass is 393 g/mol. The second-order valence-electron chi connectivity index (χ2n) is 5.68. The number of hydrogen-bond donors (Lipinski definition) is 2. The van der Waals surface area contributed by atoms with Crippen molar-refractivity contribution in [3.8, 4) is 0 Å². The molecule has 1 aliphatic rings. The van der Waals surface area contributed by atoms with E-state index in [9.17, 15) is 22.8 Å². The number of amides is 2. The number of halogens is 3. The third-order valence-electron chi connectivity index (χ3n) is 3.61. The van der Waals surface area contributed by atoms with E-state index in [-0.39, 0.29) is 18.0 Å². The first-order valence-corrected chi connectivity index (χ1v) is 8.77. The lowest BCUT2D eigenvalue weighted by Crippen LogP contribution is -2.28. The molecule has 0 radical (unpaired) electrons. The van der Waals surface area contributed by atoms with Crippen LogP contribution in [-0.4, -0.2) is 22.2 Å². The van der Waals surface area contributed by atoms with E-state index in [0.717, 1.165) is 23.9 Å². The zero-order chi connectivity index (χ0) is 19.4. The predicted molar refractivity (Wildman–Crippen MR) is 97.7 cm³/mol. The minimum Gasteiger partial charge on any atom is -0.326 e. The van der Waals surface area contributed by atoms with Gasteiger partial charge in [0.05, 0.1) is 11.3 Å². The number of hydrogen-bond acceptors (Lipinski definition) is 4. The zero-order valence-corrected chi connectivity index (χ0v) is 14.6. The summed E-state index contributed by atoms with van der Waals surface area (Å²) in [6.45, 7) is 0. The number of amidine groups is 1. The van der Waals surface area contributed by atoms with Crippen LogP contribution in [0.2, 0.25) is 0 Å². The van der Waals surface area contributed by atoms with E-state index in [0.29, 0.717) is 10.9 Å². The Morgan fingerprint density at radius 1 is 1.15 bits per heavy atom. The van der Waals surface area contributed by atoms with E-state index in [1.54, 1.807) is 24.3 Å². The lowest BCUT2D eigenvalue weighted by Gasteiger charge is -2.10. The summed E-state index contributed by atoms with van der Waals surface area (Å²) in [5.74, 6) is -0.920. The summed E-state index contributed by atoms with van der Waals surface area (Å²) in [4.78, 5) is 28.4. The highest BCUT2D eigenvalue weighted by Crippen LogP contribution is 2.31. The lowest BCUT2D eigenvalue weighted by atomic mass is 10.2. The fourth-order valence-electron chi connectivity index (χ4n) is 2.37. The standard InChI is InChI=1S/C18H14F3N3O2S/c19-18(20,21)11-5-4-8-13(9-11)22-15(25)10-14-16(26)24-17(27-14)23-12-6-2-1-3-7-12/h1-9,14H,10H2,(H,22,25)(H,23,24,26)/t14-/m0/s1. The Labute approximate surface area is 157 Å². The largest absolute Gasteiger partial charge is 0.416 e. The van der Waals surface area contributed by atoms with Gasteiger partial charge in [0.2, 0.25) is 11.8 Å². The molecule has 0 bridgehead atoms. The normalized spacial score (nSPS) is 18.4. The average Bonchev–Trinajstić information content (AvgIpc) is 2.94. The number of nitrogens with zero attached hydrogens (tertiary/aromatic N) is 1. The molecule has 1 aliphatic heterocycles. The summed E-state index contributed by atoms with van der Waals surface area (Å²) in [5, 5.41) is 4.67. The molecule has 0 aliphatic carbocycles. The highest BCUT2D eigenvalue weighted by molar-refractivity contribution is 8.15. The first-order chi connectivity index (χ1) is 12.8. The quantitative estimate of drug-likeness (QED) is 0.826. The van der Waals surface area contributed by atoms with Crippen molar-refractivity contribution >= 4 is 40.1 Å². The van der Waals surface area contributed by atoms with E-state index in [1.165, 1.54) is 12.1 Å². The fraction of sp³-hybridized carbons (Fsp3) is 0.167. The molecular formula is C18H14F3N3O2S. The predicted octanol–water partition coefficient (Wildman–Crippen LogP) is 3.95. The Morgan fingerprint density at radius 3 is 2.59 bits per heavy atom. The summed E-state index contributed by atoms with van der Waals surface area (Å²) in [5.41, 5.74) is -0.170. The minimum absolute atomic E-state index is 0.0245. The molecular weight excluding hydrogens is 379 g/mol. The number of benzene rings is 2. The maximum Gasteiger partial charge on any atom is 0.416 e. The van der Waals surface area contributed by atoms with E-state index < -0.39 is 22.9 Å². The number of carbonyl (C=O) groups is 2. The number of thioether (sulfide) groups is 1. The van der Waals surface area contributed by atoms with Gasteiger partial charge in [-0.3, -0.25) is 9.59 Å². The molecule has 2 amide bonds. The van der Waals surface area contributed by atoms with Crippen LogP contribution in [-0.2, 0) is 15.8 Å². The van der Waals surface area contributed by atoms with Gasteiger partial charge in [0, 0.05) is 12.1 Å². The van der Waals surface area contributed by atoms with Crippen LogP contribution in [0.25, 0.3) is 0 Å². The molecule has 0 saturated carbocycles. The Morgan fingerprint density at radius 2 is 1.89 bits per heavy atom. The van der Waals surface area contributed by atoms with Crippen molar-refractivity contribution in [3.05, 3.63) is 60.2 Å². The maximum absolute atomic E-state index is 12.7. The van der Waals surface area contributed by atoms with Crippen molar-refractivity contribution in [2.24, 2.45) is 4.99 Å². The Hall–Kier alpha value is -2.81. The number of rotatable bonds is 4. The third kappa shape index (κ3) is 5.10. The summed E-state index contributed by atoms with van der Waals surface area (Å²) >= 11 is 1.11. The number of carbonyl (C=O) groups excluding carboxylic acids is 2. The van der Waals surface area contributed by atoms with Crippen molar-refractivity contribution in [3.63, 3.8) is 0 Å². The molecule has 2 N–H and O–H groups in total. The van der Waals surface area contributed by atoms with Gasteiger partial charge in [0.15, 0.2) is 5.17 Å². The van der Waals surface area contributed by atoms with Crippen LogP contribution in [0.3, 0.4) is 0 Å². The smallest absolute Gasteiger partial charge is 0.326 e. The molecule has 2 aromatic rings. The van der Waals surface area contributed by atoms with Crippen LogP contribution in [0, 0.1) is 0 Å². The number of anilines is 1. The fourth-order valence-corrected chi connectivity index (χ4v) is 3.35. The SMILES string of the molecule is O=C(C[C@@H]1SC(=Nc2ccccc2)NC1=O)Nc1cccc(C(F)(F)F)c1.